The van der Waals surface area contributed by atoms with Crippen LogP contribution in [0.15, 0.2) is 52.3 Å². The molecule has 2 rings (SSSR count). The maximum Gasteiger partial charge on any atom is 0.284 e. The first kappa shape index (κ1) is 20.4. The molecular weight excluding hydrogens is 373 g/mol. The number of hydrogen-bond acceptors (Lipinski definition) is 5. The van der Waals surface area contributed by atoms with Gasteiger partial charge in [0.25, 0.3) is 11.6 Å². The summed E-state index contributed by atoms with van der Waals surface area (Å²) >= 11 is 1.09. The predicted octanol–water partition coefficient (Wildman–Crippen LogP) is 3.14. The van der Waals surface area contributed by atoms with E-state index >= 15 is 0 Å². The fraction of sp³-hybridized carbons (Fsp3) is 0.222. The minimum Gasteiger partial charge on any atom is -0.355 e. The van der Waals surface area contributed by atoms with E-state index < -0.39 is 22.7 Å². The molecule has 142 valence electrons. The van der Waals surface area contributed by atoms with Crippen molar-refractivity contribution in [3.05, 3.63) is 64.0 Å². The van der Waals surface area contributed by atoms with Crippen molar-refractivity contribution in [2.24, 2.45) is 0 Å². The van der Waals surface area contributed by atoms with Crippen molar-refractivity contribution in [3.63, 3.8) is 0 Å². The first-order valence-electron chi connectivity index (χ1n) is 8.12. The maximum absolute atomic E-state index is 13.0. The van der Waals surface area contributed by atoms with Gasteiger partial charge in [-0.3, -0.25) is 19.7 Å². The van der Waals surface area contributed by atoms with Crippen molar-refractivity contribution in [3.8, 4) is 0 Å². The summed E-state index contributed by atoms with van der Waals surface area (Å²) in [4.78, 5) is 35.7. The third-order valence-corrected chi connectivity index (χ3v) is 4.62. The second kappa shape index (κ2) is 9.13. The Morgan fingerprint density at radius 3 is 2.48 bits per heavy atom. The summed E-state index contributed by atoms with van der Waals surface area (Å²) in [5, 5.41) is 16.5. The minimum absolute atomic E-state index is 0.0707. The van der Waals surface area contributed by atoms with Crippen LogP contribution in [-0.4, -0.2) is 29.3 Å². The third-order valence-electron chi connectivity index (χ3n) is 3.55. The number of carbonyl (C=O) groups excluding carboxylic acids is 2. The van der Waals surface area contributed by atoms with E-state index in [9.17, 15) is 24.1 Å². The Hall–Kier alpha value is -2.94. The second-order valence-corrected chi connectivity index (χ2v) is 6.70. The van der Waals surface area contributed by atoms with Crippen LogP contribution in [-0.2, 0) is 4.79 Å². The molecule has 2 aromatic carbocycles. The Kier molecular flexibility index (Phi) is 6.89. The molecule has 0 aliphatic carbocycles. The fourth-order valence-corrected chi connectivity index (χ4v) is 3.09. The monoisotopic (exact) mass is 391 g/mol. The lowest BCUT2D eigenvalue weighted by molar-refractivity contribution is -0.387. The Labute approximate surface area is 159 Å². The van der Waals surface area contributed by atoms with Crippen LogP contribution in [0.25, 0.3) is 0 Å². The van der Waals surface area contributed by atoms with Gasteiger partial charge in [0.15, 0.2) is 0 Å². The predicted molar refractivity (Wildman–Crippen MR) is 99.2 cm³/mol. The molecule has 0 radical (unpaired) electrons. The molecule has 0 saturated heterocycles. The van der Waals surface area contributed by atoms with Crippen molar-refractivity contribution in [2.45, 2.75) is 29.7 Å². The van der Waals surface area contributed by atoms with Gasteiger partial charge < -0.3 is 10.6 Å². The number of rotatable bonds is 7. The molecule has 0 unspecified atom stereocenters. The second-order valence-electron chi connectivity index (χ2n) is 5.59. The summed E-state index contributed by atoms with van der Waals surface area (Å²) in [6.07, 6.45) is 0. The van der Waals surface area contributed by atoms with E-state index in [1.165, 1.54) is 43.3 Å². The van der Waals surface area contributed by atoms with Gasteiger partial charge in [-0.1, -0.05) is 11.8 Å². The van der Waals surface area contributed by atoms with Gasteiger partial charge in [0.05, 0.1) is 9.82 Å². The highest BCUT2D eigenvalue weighted by Crippen LogP contribution is 2.35. The molecule has 2 aromatic rings. The summed E-state index contributed by atoms with van der Waals surface area (Å²) < 4.78 is 13.0. The number of amides is 2. The molecule has 7 nitrogen and oxygen atoms in total. The van der Waals surface area contributed by atoms with E-state index in [2.05, 4.69) is 10.6 Å². The van der Waals surface area contributed by atoms with Crippen molar-refractivity contribution >= 4 is 29.3 Å². The van der Waals surface area contributed by atoms with Crippen LogP contribution in [0.1, 0.15) is 24.2 Å². The lowest BCUT2D eigenvalue weighted by Gasteiger charge is -2.13. The van der Waals surface area contributed by atoms with Crippen molar-refractivity contribution in [2.75, 3.05) is 6.54 Å². The van der Waals surface area contributed by atoms with E-state index in [-0.39, 0.29) is 17.2 Å². The van der Waals surface area contributed by atoms with Gasteiger partial charge >= 0.3 is 0 Å². The van der Waals surface area contributed by atoms with E-state index in [1.54, 1.807) is 6.92 Å². The highest BCUT2D eigenvalue weighted by atomic mass is 32.2. The average molecular weight is 391 g/mol. The topological polar surface area (TPSA) is 101 Å². The van der Waals surface area contributed by atoms with Gasteiger partial charge in [-0.05, 0) is 50.2 Å². The zero-order chi connectivity index (χ0) is 20.0. The molecule has 0 bridgehead atoms. The summed E-state index contributed by atoms with van der Waals surface area (Å²) in [5.41, 5.74) is -0.177. The van der Waals surface area contributed by atoms with Crippen molar-refractivity contribution in [1.29, 1.82) is 0 Å². The smallest absolute Gasteiger partial charge is 0.284 e. The van der Waals surface area contributed by atoms with Crippen LogP contribution < -0.4 is 10.6 Å². The number of nitro groups is 1. The summed E-state index contributed by atoms with van der Waals surface area (Å²) in [7, 11) is 0. The van der Waals surface area contributed by atoms with E-state index in [4.69, 9.17) is 0 Å². The molecule has 9 heteroatoms. The summed E-state index contributed by atoms with van der Waals surface area (Å²) in [6, 6.07) is 8.83. The molecule has 0 spiro atoms. The number of nitro benzene ring substituents is 1. The zero-order valence-corrected chi connectivity index (χ0v) is 15.5. The minimum atomic E-state index is -0.773. The van der Waals surface area contributed by atoms with Crippen molar-refractivity contribution < 1.29 is 18.9 Å². The third kappa shape index (κ3) is 5.52. The van der Waals surface area contributed by atoms with Gasteiger partial charge in [0.2, 0.25) is 5.91 Å². The van der Waals surface area contributed by atoms with E-state index in [0.29, 0.717) is 16.3 Å². The largest absolute Gasteiger partial charge is 0.355 e. The summed E-state index contributed by atoms with van der Waals surface area (Å²) in [5.74, 6) is -1.33. The summed E-state index contributed by atoms with van der Waals surface area (Å²) in [6.45, 7) is 3.71. The molecule has 0 fully saturated rings. The number of carbonyl (C=O) groups is 2. The molecule has 1 atom stereocenters. The Morgan fingerprint density at radius 1 is 1.22 bits per heavy atom. The Balaban J connectivity index is 2.21. The highest BCUT2D eigenvalue weighted by molar-refractivity contribution is 7.99. The quantitative estimate of drug-likeness (QED) is 0.558. The van der Waals surface area contributed by atoms with Gasteiger partial charge in [-0.2, -0.15) is 0 Å². The fourth-order valence-electron chi connectivity index (χ4n) is 2.19. The maximum atomic E-state index is 13.0. The molecule has 0 aromatic heterocycles. The number of nitrogens with zero attached hydrogens (tertiary/aromatic N) is 1. The average Bonchev–Trinajstić information content (AvgIpc) is 2.63. The van der Waals surface area contributed by atoms with Gasteiger partial charge in [0.1, 0.15) is 11.9 Å². The van der Waals surface area contributed by atoms with Crippen LogP contribution in [0.4, 0.5) is 10.1 Å². The molecule has 0 aliphatic rings. The zero-order valence-electron chi connectivity index (χ0n) is 14.7. The molecule has 0 aliphatic heterocycles. The molecular formula is C18H18FN3O4S. The van der Waals surface area contributed by atoms with Gasteiger partial charge in [-0.25, -0.2) is 4.39 Å². The number of benzene rings is 2. The lowest BCUT2D eigenvalue weighted by atomic mass is 10.1. The molecule has 2 N–H and O–H groups in total. The SMILES string of the molecule is CCNC(=O)[C@H](C)NC(=O)c1ccc(Sc2ccc(F)cc2)c([N+](=O)[O-])c1. The van der Waals surface area contributed by atoms with Crippen LogP contribution in [0.3, 0.4) is 0 Å². The number of hydrogen-bond donors (Lipinski definition) is 2. The lowest BCUT2D eigenvalue weighted by Crippen LogP contribution is -2.44. The first-order valence-corrected chi connectivity index (χ1v) is 8.94. The first-order chi connectivity index (χ1) is 12.8. The molecule has 0 saturated carbocycles. The highest BCUT2D eigenvalue weighted by Gasteiger charge is 2.21. The van der Waals surface area contributed by atoms with Crippen LogP contribution in [0, 0.1) is 15.9 Å². The number of nitrogens with one attached hydrogen (secondary N) is 2. The van der Waals surface area contributed by atoms with Crippen LogP contribution in [0.5, 0.6) is 0 Å². The molecule has 27 heavy (non-hydrogen) atoms. The van der Waals surface area contributed by atoms with Gasteiger partial charge in [-0.15, -0.1) is 0 Å². The van der Waals surface area contributed by atoms with E-state index in [1.807, 2.05) is 0 Å². The number of halogens is 1. The normalized spacial score (nSPS) is 11.5. The van der Waals surface area contributed by atoms with Gasteiger partial charge in [0, 0.05) is 23.1 Å². The molecule has 0 heterocycles. The molecule has 2 amide bonds. The Bertz CT molecular complexity index is 858. The van der Waals surface area contributed by atoms with Crippen LogP contribution >= 0.6 is 11.8 Å². The van der Waals surface area contributed by atoms with Crippen molar-refractivity contribution in [1.82, 2.24) is 10.6 Å². The number of likely N-dealkylation sites (N-methyl/N-ethyl adjacent to an activating group) is 1. The Morgan fingerprint density at radius 2 is 1.89 bits per heavy atom. The van der Waals surface area contributed by atoms with E-state index in [0.717, 1.165) is 17.8 Å². The standard InChI is InChI=1S/C18H18FN3O4S/c1-3-20-17(23)11(2)21-18(24)12-4-9-16(15(10-12)22(25)26)27-14-7-5-13(19)6-8-14/h4-11H,3H2,1-2H3,(H,20,23)(H,21,24)/t11-/m0/s1. The van der Waals surface area contributed by atoms with Crippen LogP contribution in [0.2, 0.25) is 0 Å².